The lowest BCUT2D eigenvalue weighted by atomic mass is 10.1. The number of nitrogens with zero attached hydrogens (tertiary/aromatic N) is 2. The SMILES string of the molecule is COc1cc(NC(=O)c2cccc3nccnc23)cc(OC)c1OC. The molecule has 0 aliphatic heterocycles. The number of methoxy groups -OCH3 is 3. The largest absolute Gasteiger partial charge is 0.493 e. The third-order valence-electron chi connectivity index (χ3n) is 3.67. The van der Waals surface area contributed by atoms with Crippen LogP contribution in [-0.2, 0) is 0 Å². The Hall–Kier alpha value is -3.35. The zero-order chi connectivity index (χ0) is 17.8. The Morgan fingerprint density at radius 3 is 2.28 bits per heavy atom. The van der Waals surface area contributed by atoms with Gasteiger partial charge in [-0.1, -0.05) is 6.07 Å². The molecule has 3 rings (SSSR count). The summed E-state index contributed by atoms with van der Waals surface area (Å²) < 4.78 is 15.9. The van der Waals surface area contributed by atoms with Crippen molar-refractivity contribution in [2.75, 3.05) is 26.6 Å². The fourth-order valence-electron chi connectivity index (χ4n) is 2.53. The number of fused-ring (bicyclic) bond motifs is 1. The van der Waals surface area contributed by atoms with Gasteiger partial charge in [-0.2, -0.15) is 0 Å². The van der Waals surface area contributed by atoms with E-state index in [1.165, 1.54) is 21.3 Å². The molecule has 3 aromatic rings. The minimum absolute atomic E-state index is 0.305. The molecule has 0 radical (unpaired) electrons. The predicted molar refractivity (Wildman–Crippen MR) is 93.6 cm³/mol. The number of para-hydroxylation sites is 1. The molecule has 0 fully saturated rings. The molecule has 0 unspecified atom stereocenters. The maximum atomic E-state index is 12.7. The molecule has 7 nitrogen and oxygen atoms in total. The highest BCUT2D eigenvalue weighted by Gasteiger charge is 2.16. The van der Waals surface area contributed by atoms with E-state index in [-0.39, 0.29) is 5.91 Å². The molecule has 0 bridgehead atoms. The molecular weight excluding hydrogens is 322 g/mol. The number of anilines is 1. The van der Waals surface area contributed by atoms with E-state index in [0.29, 0.717) is 39.5 Å². The van der Waals surface area contributed by atoms with Gasteiger partial charge in [0.1, 0.15) is 5.52 Å². The molecule has 0 aliphatic carbocycles. The Labute approximate surface area is 144 Å². The molecule has 0 aliphatic rings. The van der Waals surface area contributed by atoms with Crippen LogP contribution in [0.15, 0.2) is 42.7 Å². The van der Waals surface area contributed by atoms with Crippen LogP contribution < -0.4 is 19.5 Å². The van der Waals surface area contributed by atoms with Crippen molar-refractivity contribution < 1.29 is 19.0 Å². The Kier molecular flexibility index (Phi) is 4.65. The molecule has 128 valence electrons. The number of rotatable bonds is 5. The van der Waals surface area contributed by atoms with Gasteiger partial charge in [-0.05, 0) is 12.1 Å². The van der Waals surface area contributed by atoms with Gasteiger partial charge >= 0.3 is 0 Å². The summed E-state index contributed by atoms with van der Waals surface area (Å²) in [6.07, 6.45) is 3.14. The van der Waals surface area contributed by atoms with Crippen LogP contribution in [0.3, 0.4) is 0 Å². The molecular formula is C18H17N3O4. The lowest BCUT2D eigenvalue weighted by Crippen LogP contribution is -2.13. The number of ether oxygens (including phenoxy) is 3. The Morgan fingerprint density at radius 2 is 1.64 bits per heavy atom. The van der Waals surface area contributed by atoms with Gasteiger partial charge in [-0.15, -0.1) is 0 Å². The minimum atomic E-state index is -0.305. The first-order valence-corrected chi connectivity index (χ1v) is 7.49. The second-order valence-electron chi connectivity index (χ2n) is 5.10. The molecule has 0 saturated carbocycles. The molecule has 25 heavy (non-hydrogen) atoms. The lowest BCUT2D eigenvalue weighted by Gasteiger charge is -2.14. The van der Waals surface area contributed by atoms with E-state index in [4.69, 9.17) is 14.2 Å². The first-order chi connectivity index (χ1) is 12.2. The van der Waals surface area contributed by atoms with Gasteiger partial charge in [-0.25, -0.2) is 0 Å². The minimum Gasteiger partial charge on any atom is -0.493 e. The van der Waals surface area contributed by atoms with Crippen LogP contribution in [0, 0.1) is 0 Å². The van der Waals surface area contributed by atoms with E-state index in [1.807, 2.05) is 0 Å². The van der Waals surface area contributed by atoms with Crippen molar-refractivity contribution in [2.45, 2.75) is 0 Å². The maximum Gasteiger partial charge on any atom is 0.257 e. The van der Waals surface area contributed by atoms with Crippen molar-refractivity contribution in [3.63, 3.8) is 0 Å². The molecule has 1 heterocycles. The van der Waals surface area contributed by atoms with Crippen molar-refractivity contribution >= 4 is 22.6 Å². The van der Waals surface area contributed by atoms with Crippen LogP contribution in [0.1, 0.15) is 10.4 Å². The fraction of sp³-hybridized carbons (Fsp3) is 0.167. The van der Waals surface area contributed by atoms with Crippen molar-refractivity contribution in [3.8, 4) is 17.2 Å². The number of carbonyl (C=O) groups is 1. The first-order valence-electron chi connectivity index (χ1n) is 7.49. The predicted octanol–water partition coefficient (Wildman–Crippen LogP) is 2.91. The first kappa shape index (κ1) is 16.5. The fourth-order valence-corrected chi connectivity index (χ4v) is 2.53. The van der Waals surface area contributed by atoms with E-state index in [9.17, 15) is 4.79 Å². The Balaban J connectivity index is 1.98. The van der Waals surface area contributed by atoms with E-state index in [2.05, 4.69) is 15.3 Å². The highest BCUT2D eigenvalue weighted by Crippen LogP contribution is 2.40. The summed E-state index contributed by atoms with van der Waals surface area (Å²) in [5.74, 6) is 1.06. The number of benzene rings is 2. The van der Waals surface area contributed by atoms with E-state index in [0.717, 1.165) is 0 Å². The van der Waals surface area contributed by atoms with Gasteiger partial charge in [0.15, 0.2) is 11.5 Å². The molecule has 0 atom stereocenters. The van der Waals surface area contributed by atoms with Gasteiger partial charge in [0, 0.05) is 30.2 Å². The molecule has 1 aromatic heterocycles. The lowest BCUT2D eigenvalue weighted by molar-refractivity contribution is 0.102. The molecule has 0 saturated heterocycles. The van der Waals surface area contributed by atoms with Crippen molar-refractivity contribution in [2.24, 2.45) is 0 Å². The summed E-state index contributed by atoms with van der Waals surface area (Å²) in [4.78, 5) is 21.1. The number of hydrogen-bond acceptors (Lipinski definition) is 6. The normalized spacial score (nSPS) is 10.4. The van der Waals surface area contributed by atoms with E-state index < -0.39 is 0 Å². The van der Waals surface area contributed by atoms with Crippen molar-refractivity contribution in [3.05, 3.63) is 48.3 Å². The maximum absolute atomic E-state index is 12.7. The zero-order valence-corrected chi connectivity index (χ0v) is 14.1. The molecule has 0 spiro atoms. The summed E-state index contributed by atoms with van der Waals surface area (Å²) in [7, 11) is 4.56. The molecule has 7 heteroatoms. The van der Waals surface area contributed by atoms with Gasteiger partial charge in [0.25, 0.3) is 5.91 Å². The average molecular weight is 339 g/mol. The van der Waals surface area contributed by atoms with Crippen LogP contribution in [0.25, 0.3) is 11.0 Å². The zero-order valence-electron chi connectivity index (χ0n) is 14.1. The van der Waals surface area contributed by atoms with E-state index in [1.54, 1.807) is 42.7 Å². The van der Waals surface area contributed by atoms with Crippen LogP contribution in [-0.4, -0.2) is 37.2 Å². The van der Waals surface area contributed by atoms with Crippen LogP contribution in [0.4, 0.5) is 5.69 Å². The smallest absolute Gasteiger partial charge is 0.257 e. The Bertz CT molecular complexity index is 897. The quantitative estimate of drug-likeness (QED) is 0.769. The van der Waals surface area contributed by atoms with E-state index >= 15 is 0 Å². The van der Waals surface area contributed by atoms with Gasteiger partial charge in [0.05, 0.1) is 32.4 Å². The molecule has 1 amide bonds. The van der Waals surface area contributed by atoms with Gasteiger partial charge < -0.3 is 19.5 Å². The standard InChI is InChI=1S/C18H17N3O4/c1-23-14-9-11(10-15(24-2)17(14)25-3)21-18(22)12-5-4-6-13-16(12)20-8-7-19-13/h4-10H,1-3H3,(H,21,22). The van der Waals surface area contributed by atoms with Crippen LogP contribution in [0.2, 0.25) is 0 Å². The van der Waals surface area contributed by atoms with Crippen LogP contribution >= 0.6 is 0 Å². The number of hydrogen-bond donors (Lipinski definition) is 1. The van der Waals surface area contributed by atoms with Gasteiger partial charge in [0.2, 0.25) is 5.75 Å². The molecule has 2 aromatic carbocycles. The highest BCUT2D eigenvalue weighted by atomic mass is 16.5. The monoisotopic (exact) mass is 339 g/mol. The number of carbonyl (C=O) groups excluding carboxylic acids is 1. The Morgan fingerprint density at radius 1 is 0.960 bits per heavy atom. The second kappa shape index (κ2) is 7.04. The number of aromatic nitrogens is 2. The molecule has 1 N–H and O–H groups in total. The average Bonchev–Trinajstić information content (AvgIpc) is 2.66. The summed E-state index contributed by atoms with van der Waals surface area (Å²) in [6.45, 7) is 0. The topological polar surface area (TPSA) is 82.6 Å². The second-order valence-corrected chi connectivity index (χ2v) is 5.10. The third-order valence-corrected chi connectivity index (χ3v) is 3.67. The number of nitrogens with one attached hydrogen (secondary N) is 1. The summed E-state index contributed by atoms with van der Waals surface area (Å²) in [5.41, 5.74) is 2.13. The van der Waals surface area contributed by atoms with Gasteiger partial charge in [-0.3, -0.25) is 14.8 Å². The highest BCUT2D eigenvalue weighted by molar-refractivity contribution is 6.11. The summed E-state index contributed by atoms with van der Waals surface area (Å²) >= 11 is 0. The van der Waals surface area contributed by atoms with Crippen molar-refractivity contribution in [1.82, 2.24) is 9.97 Å². The summed E-state index contributed by atoms with van der Waals surface area (Å²) in [5, 5.41) is 2.83. The number of amides is 1. The van der Waals surface area contributed by atoms with Crippen molar-refractivity contribution in [1.29, 1.82) is 0 Å². The summed E-state index contributed by atoms with van der Waals surface area (Å²) in [6, 6.07) is 8.59. The third kappa shape index (κ3) is 3.16. The van der Waals surface area contributed by atoms with Crippen LogP contribution in [0.5, 0.6) is 17.2 Å².